The van der Waals surface area contributed by atoms with E-state index in [1.807, 2.05) is 12.1 Å². The summed E-state index contributed by atoms with van der Waals surface area (Å²) >= 11 is 0. The van der Waals surface area contributed by atoms with Crippen molar-refractivity contribution < 1.29 is 18.7 Å². The average Bonchev–Trinajstić information content (AvgIpc) is 2.55. The zero-order valence-corrected chi connectivity index (χ0v) is 13.1. The molecule has 4 nitrogen and oxygen atoms in total. The van der Waals surface area contributed by atoms with Gasteiger partial charge in [-0.2, -0.15) is 0 Å². The van der Waals surface area contributed by atoms with Crippen LogP contribution in [0.4, 0.5) is 4.39 Å². The van der Waals surface area contributed by atoms with E-state index in [-0.39, 0.29) is 11.8 Å². The minimum Gasteiger partial charge on any atom is -0.466 e. The number of pyridine rings is 1. The molecule has 0 amide bonds. The van der Waals surface area contributed by atoms with Crippen molar-refractivity contribution >= 4 is 5.97 Å². The highest BCUT2D eigenvalue weighted by atomic mass is 19.1. The molecule has 5 heteroatoms. The Morgan fingerprint density at radius 2 is 1.83 bits per heavy atom. The number of carbonyl (C=O) groups is 1. The van der Waals surface area contributed by atoms with E-state index in [0.29, 0.717) is 24.5 Å². The van der Waals surface area contributed by atoms with E-state index in [1.165, 1.54) is 12.1 Å². The Labute approximate surface area is 135 Å². The number of ether oxygens (including phenoxy) is 2. The van der Waals surface area contributed by atoms with Crippen molar-refractivity contribution in [2.45, 2.75) is 32.6 Å². The summed E-state index contributed by atoms with van der Waals surface area (Å²) in [6.07, 6.45) is 4.55. The number of halogens is 1. The first kappa shape index (κ1) is 16.9. The second-order valence-electron chi connectivity index (χ2n) is 5.05. The summed E-state index contributed by atoms with van der Waals surface area (Å²) in [6.45, 7) is 2.23. The van der Waals surface area contributed by atoms with E-state index >= 15 is 0 Å². The van der Waals surface area contributed by atoms with Gasteiger partial charge in [-0.3, -0.25) is 9.78 Å². The summed E-state index contributed by atoms with van der Waals surface area (Å²) in [4.78, 5) is 15.5. The molecule has 23 heavy (non-hydrogen) atoms. The molecule has 0 aliphatic carbocycles. The molecule has 0 atom stereocenters. The standard InChI is InChI=1S/C18H20FNO3/c1-2-22-18(21)6-4-3-5-15-9-12-17(13-20-15)23-16-10-7-14(19)8-11-16/h7-13H,2-6H2,1H3. The molecule has 1 aromatic carbocycles. The smallest absolute Gasteiger partial charge is 0.305 e. The molecule has 0 unspecified atom stereocenters. The Morgan fingerprint density at radius 3 is 2.48 bits per heavy atom. The predicted octanol–water partition coefficient (Wildman–Crippen LogP) is 4.29. The first-order valence-corrected chi connectivity index (χ1v) is 7.71. The Bertz CT molecular complexity index is 611. The van der Waals surface area contributed by atoms with Crippen LogP contribution in [0.3, 0.4) is 0 Å². The number of carbonyl (C=O) groups excluding carboxylic acids is 1. The maximum atomic E-state index is 12.8. The Kier molecular flexibility index (Phi) is 6.54. The van der Waals surface area contributed by atoms with Crippen molar-refractivity contribution in [3.8, 4) is 11.5 Å². The van der Waals surface area contributed by atoms with Crippen LogP contribution in [0.5, 0.6) is 11.5 Å². The SMILES string of the molecule is CCOC(=O)CCCCc1ccc(Oc2ccc(F)cc2)cn1. The highest BCUT2D eigenvalue weighted by molar-refractivity contribution is 5.69. The van der Waals surface area contributed by atoms with Crippen molar-refractivity contribution in [3.05, 3.63) is 54.1 Å². The van der Waals surface area contributed by atoms with E-state index in [0.717, 1.165) is 25.0 Å². The van der Waals surface area contributed by atoms with Crippen LogP contribution in [0.25, 0.3) is 0 Å². The van der Waals surface area contributed by atoms with Gasteiger partial charge >= 0.3 is 5.97 Å². The average molecular weight is 317 g/mol. The molecule has 2 aromatic rings. The Balaban J connectivity index is 1.76. The first-order chi connectivity index (χ1) is 11.2. The van der Waals surface area contributed by atoms with Gasteiger partial charge in [0.15, 0.2) is 0 Å². The maximum absolute atomic E-state index is 12.8. The summed E-state index contributed by atoms with van der Waals surface area (Å²) < 4.78 is 23.3. The molecular weight excluding hydrogens is 297 g/mol. The fourth-order valence-electron chi connectivity index (χ4n) is 2.07. The van der Waals surface area contributed by atoms with Gasteiger partial charge in [0, 0.05) is 12.1 Å². The van der Waals surface area contributed by atoms with Crippen LogP contribution in [-0.4, -0.2) is 17.6 Å². The van der Waals surface area contributed by atoms with Gasteiger partial charge in [-0.05, 0) is 62.6 Å². The number of benzene rings is 1. The molecular formula is C18H20FNO3. The molecule has 0 radical (unpaired) electrons. The van der Waals surface area contributed by atoms with Crippen LogP contribution in [0.15, 0.2) is 42.6 Å². The van der Waals surface area contributed by atoms with Gasteiger partial charge in [-0.15, -0.1) is 0 Å². The first-order valence-electron chi connectivity index (χ1n) is 7.71. The molecule has 0 saturated heterocycles. The van der Waals surface area contributed by atoms with Crippen LogP contribution in [0.1, 0.15) is 31.9 Å². The van der Waals surface area contributed by atoms with Crippen molar-refractivity contribution in [2.75, 3.05) is 6.61 Å². The second-order valence-corrected chi connectivity index (χ2v) is 5.05. The van der Waals surface area contributed by atoms with Crippen LogP contribution in [0.2, 0.25) is 0 Å². The lowest BCUT2D eigenvalue weighted by atomic mass is 10.1. The molecule has 0 N–H and O–H groups in total. The highest BCUT2D eigenvalue weighted by Crippen LogP contribution is 2.21. The highest BCUT2D eigenvalue weighted by Gasteiger charge is 2.03. The lowest BCUT2D eigenvalue weighted by Gasteiger charge is -2.06. The lowest BCUT2D eigenvalue weighted by Crippen LogP contribution is -2.03. The fourth-order valence-corrected chi connectivity index (χ4v) is 2.07. The van der Waals surface area contributed by atoms with Crippen molar-refractivity contribution in [2.24, 2.45) is 0 Å². The minimum atomic E-state index is -0.298. The monoisotopic (exact) mass is 317 g/mol. The molecule has 0 aliphatic heterocycles. The van der Waals surface area contributed by atoms with E-state index in [9.17, 15) is 9.18 Å². The summed E-state index contributed by atoms with van der Waals surface area (Å²) in [5.74, 6) is 0.722. The number of aryl methyl sites for hydroxylation is 1. The molecule has 0 bridgehead atoms. The normalized spacial score (nSPS) is 10.3. The zero-order chi connectivity index (χ0) is 16.5. The number of hydrogen-bond acceptors (Lipinski definition) is 4. The third-order valence-corrected chi connectivity index (χ3v) is 3.22. The van der Waals surface area contributed by atoms with E-state index < -0.39 is 0 Å². The van der Waals surface area contributed by atoms with Crippen molar-refractivity contribution in [1.82, 2.24) is 4.98 Å². The number of unbranched alkanes of at least 4 members (excludes halogenated alkanes) is 1. The van der Waals surface area contributed by atoms with Crippen molar-refractivity contribution in [1.29, 1.82) is 0 Å². The molecule has 0 spiro atoms. The van der Waals surface area contributed by atoms with Gasteiger partial charge in [0.25, 0.3) is 0 Å². The van der Waals surface area contributed by atoms with Gasteiger partial charge in [0.1, 0.15) is 17.3 Å². The van der Waals surface area contributed by atoms with Crippen LogP contribution < -0.4 is 4.74 Å². The summed E-state index contributed by atoms with van der Waals surface area (Å²) in [5.41, 5.74) is 0.945. The van der Waals surface area contributed by atoms with E-state index in [2.05, 4.69) is 4.98 Å². The Morgan fingerprint density at radius 1 is 1.09 bits per heavy atom. The molecule has 2 rings (SSSR count). The molecule has 0 fully saturated rings. The zero-order valence-electron chi connectivity index (χ0n) is 13.1. The molecule has 0 aliphatic rings. The number of esters is 1. The fraction of sp³-hybridized carbons (Fsp3) is 0.333. The predicted molar refractivity (Wildman–Crippen MR) is 84.9 cm³/mol. The molecule has 1 aromatic heterocycles. The number of aromatic nitrogens is 1. The largest absolute Gasteiger partial charge is 0.466 e. The summed E-state index contributed by atoms with van der Waals surface area (Å²) in [5, 5.41) is 0. The number of nitrogens with zero attached hydrogens (tertiary/aromatic N) is 1. The molecule has 122 valence electrons. The van der Waals surface area contributed by atoms with Gasteiger partial charge in [0.05, 0.1) is 12.8 Å². The quantitative estimate of drug-likeness (QED) is 0.538. The maximum Gasteiger partial charge on any atom is 0.305 e. The van der Waals surface area contributed by atoms with Crippen LogP contribution in [-0.2, 0) is 16.0 Å². The van der Waals surface area contributed by atoms with Gasteiger partial charge in [0.2, 0.25) is 0 Å². The van der Waals surface area contributed by atoms with Gasteiger partial charge in [-0.1, -0.05) is 0 Å². The third-order valence-electron chi connectivity index (χ3n) is 3.22. The van der Waals surface area contributed by atoms with Crippen LogP contribution in [0, 0.1) is 5.82 Å². The molecule has 1 heterocycles. The van der Waals surface area contributed by atoms with E-state index in [4.69, 9.17) is 9.47 Å². The minimum absolute atomic E-state index is 0.150. The Hall–Kier alpha value is -2.43. The number of hydrogen-bond donors (Lipinski definition) is 0. The van der Waals surface area contributed by atoms with Crippen LogP contribution >= 0.6 is 0 Å². The topological polar surface area (TPSA) is 48.4 Å². The molecule has 0 saturated carbocycles. The van der Waals surface area contributed by atoms with Gasteiger partial charge < -0.3 is 9.47 Å². The number of rotatable bonds is 8. The van der Waals surface area contributed by atoms with E-state index in [1.54, 1.807) is 25.3 Å². The van der Waals surface area contributed by atoms with Crippen molar-refractivity contribution in [3.63, 3.8) is 0 Å². The second kappa shape index (κ2) is 8.88. The summed E-state index contributed by atoms with van der Waals surface area (Å²) in [7, 11) is 0. The summed E-state index contributed by atoms with van der Waals surface area (Å²) in [6, 6.07) is 9.55. The lowest BCUT2D eigenvalue weighted by molar-refractivity contribution is -0.143. The van der Waals surface area contributed by atoms with Gasteiger partial charge in [-0.25, -0.2) is 4.39 Å². The third kappa shape index (κ3) is 6.06.